The molecule has 0 bridgehead atoms. The van der Waals surface area contributed by atoms with Crippen LogP contribution >= 0.6 is 0 Å². The van der Waals surface area contributed by atoms with Gasteiger partial charge in [-0.1, -0.05) is 6.07 Å². The second-order valence-corrected chi connectivity index (χ2v) is 3.93. The van der Waals surface area contributed by atoms with Gasteiger partial charge in [0.2, 0.25) is 0 Å². The highest BCUT2D eigenvalue weighted by molar-refractivity contribution is 5.85. The van der Waals surface area contributed by atoms with Crippen molar-refractivity contribution < 1.29 is 24.5 Å². The lowest BCUT2D eigenvalue weighted by molar-refractivity contribution is 0.0690. The zero-order chi connectivity index (χ0) is 14.5. The lowest BCUT2D eigenvalue weighted by Crippen LogP contribution is -1.99. The van der Waals surface area contributed by atoms with Crippen molar-refractivity contribution >= 4 is 5.97 Å². The van der Waals surface area contributed by atoms with Crippen LogP contribution in [0.3, 0.4) is 0 Å². The molecule has 104 valence electrons. The minimum absolute atomic E-state index is 0.0556. The first-order chi connectivity index (χ1) is 9.63. The van der Waals surface area contributed by atoms with Gasteiger partial charge < -0.3 is 19.7 Å². The van der Waals surface area contributed by atoms with Crippen molar-refractivity contribution in [2.75, 3.05) is 7.11 Å². The van der Waals surface area contributed by atoms with Crippen LogP contribution in [0.5, 0.6) is 17.2 Å². The molecular weight excluding hydrogens is 262 g/mol. The molecule has 2 aromatic rings. The van der Waals surface area contributed by atoms with Crippen LogP contribution in [0.2, 0.25) is 0 Å². The Morgan fingerprint density at radius 2 is 2.05 bits per heavy atom. The molecule has 0 saturated carbocycles. The first kappa shape index (κ1) is 13.8. The number of carboxylic acids is 1. The number of carboxylic acid groups (broad SMARTS) is 1. The van der Waals surface area contributed by atoms with Crippen LogP contribution in [0.1, 0.15) is 16.1 Å². The van der Waals surface area contributed by atoms with Gasteiger partial charge in [0.1, 0.15) is 11.4 Å². The average molecular weight is 275 g/mol. The van der Waals surface area contributed by atoms with Gasteiger partial charge in [0, 0.05) is 0 Å². The predicted molar refractivity (Wildman–Crippen MR) is 70.2 cm³/mol. The number of nitrogens with zero attached hydrogens (tertiary/aromatic N) is 1. The summed E-state index contributed by atoms with van der Waals surface area (Å²) in [7, 11) is 1.50. The lowest BCUT2D eigenvalue weighted by Gasteiger charge is -2.11. The first-order valence-corrected chi connectivity index (χ1v) is 5.79. The van der Waals surface area contributed by atoms with Crippen LogP contribution in [-0.4, -0.2) is 28.3 Å². The second kappa shape index (κ2) is 6.03. The third-order valence-corrected chi connectivity index (χ3v) is 2.59. The quantitative estimate of drug-likeness (QED) is 0.868. The Morgan fingerprint density at radius 1 is 1.25 bits per heavy atom. The highest BCUT2D eigenvalue weighted by Gasteiger charge is 2.08. The normalized spacial score (nSPS) is 10.1. The Hall–Kier alpha value is -2.60. The number of benzene rings is 1. The number of aromatic nitrogens is 1. The number of rotatable bonds is 5. The van der Waals surface area contributed by atoms with Crippen LogP contribution in [0, 0.1) is 0 Å². The highest BCUT2D eigenvalue weighted by atomic mass is 16.5. The van der Waals surface area contributed by atoms with Gasteiger partial charge in [-0.2, -0.15) is 0 Å². The van der Waals surface area contributed by atoms with Gasteiger partial charge in [-0.3, -0.25) is 0 Å². The minimum Gasteiger partial charge on any atom is -0.493 e. The molecule has 0 spiro atoms. The number of ether oxygens (including phenoxy) is 2. The summed E-state index contributed by atoms with van der Waals surface area (Å²) in [5, 5.41) is 17.8. The second-order valence-electron chi connectivity index (χ2n) is 3.93. The zero-order valence-electron chi connectivity index (χ0n) is 10.7. The topological polar surface area (TPSA) is 88.9 Å². The van der Waals surface area contributed by atoms with Gasteiger partial charge in [-0.15, -0.1) is 0 Å². The number of hydrogen-bond donors (Lipinski definition) is 2. The fourth-order valence-electron chi connectivity index (χ4n) is 1.59. The van der Waals surface area contributed by atoms with E-state index in [-0.39, 0.29) is 12.3 Å². The van der Waals surface area contributed by atoms with Crippen LogP contribution in [0.4, 0.5) is 0 Å². The summed E-state index contributed by atoms with van der Waals surface area (Å²) in [5.74, 6) is 0.222. The maximum absolute atomic E-state index is 10.7. The molecule has 0 radical (unpaired) electrons. The number of aliphatic hydroxyl groups is 1. The molecule has 0 fully saturated rings. The molecule has 0 unspecified atom stereocenters. The lowest BCUT2D eigenvalue weighted by atomic mass is 10.2. The molecule has 6 nitrogen and oxygen atoms in total. The van der Waals surface area contributed by atoms with E-state index in [1.165, 1.54) is 25.4 Å². The van der Waals surface area contributed by atoms with Crippen molar-refractivity contribution in [2.45, 2.75) is 6.61 Å². The predicted octanol–water partition coefficient (Wildman–Crippen LogP) is 2.07. The van der Waals surface area contributed by atoms with Gasteiger partial charge in [-0.05, 0) is 29.8 Å². The number of aromatic carboxylic acids is 1. The molecule has 0 amide bonds. The van der Waals surface area contributed by atoms with Crippen LogP contribution in [0.15, 0.2) is 36.5 Å². The Balaban J connectivity index is 2.23. The van der Waals surface area contributed by atoms with E-state index in [0.717, 1.165) is 0 Å². The summed E-state index contributed by atoms with van der Waals surface area (Å²) in [5.41, 5.74) is 0.647. The van der Waals surface area contributed by atoms with Crippen LogP contribution in [0.25, 0.3) is 0 Å². The maximum atomic E-state index is 10.7. The third-order valence-electron chi connectivity index (χ3n) is 2.59. The summed E-state index contributed by atoms with van der Waals surface area (Å²) in [6, 6.07) is 7.89. The monoisotopic (exact) mass is 275 g/mol. The van der Waals surface area contributed by atoms with E-state index >= 15 is 0 Å². The van der Waals surface area contributed by atoms with E-state index in [1.54, 1.807) is 18.2 Å². The molecule has 1 heterocycles. The molecule has 1 aromatic carbocycles. The maximum Gasteiger partial charge on any atom is 0.354 e. The smallest absolute Gasteiger partial charge is 0.354 e. The molecule has 0 atom stereocenters. The summed E-state index contributed by atoms with van der Waals surface area (Å²) >= 11 is 0. The Morgan fingerprint density at radius 3 is 2.60 bits per heavy atom. The van der Waals surface area contributed by atoms with Crippen molar-refractivity contribution in [2.24, 2.45) is 0 Å². The van der Waals surface area contributed by atoms with E-state index in [4.69, 9.17) is 19.7 Å². The molecule has 0 aliphatic heterocycles. The number of carbonyl (C=O) groups is 1. The van der Waals surface area contributed by atoms with Crippen LogP contribution < -0.4 is 9.47 Å². The zero-order valence-corrected chi connectivity index (χ0v) is 10.7. The molecule has 0 aliphatic rings. The van der Waals surface area contributed by atoms with E-state index in [0.29, 0.717) is 22.8 Å². The van der Waals surface area contributed by atoms with E-state index in [1.807, 2.05) is 0 Å². The van der Waals surface area contributed by atoms with E-state index < -0.39 is 5.97 Å². The molecular formula is C14H13NO5. The van der Waals surface area contributed by atoms with Crippen molar-refractivity contribution in [1.82, 2.24) is 4.98 Å². The molecule has 0 saturated heterocycles. The fraction of sp³-hybridized carbons (Fsp3) is 0.143. The molecule has 1 aromatic heterocycles. The van der Waals surface area contributed by atoms with Gasteiger partial charge >= 0.3 is 5.97 Å². The molecule has 2 rings (SSSR count). The van der Waals surface area contributed by atoms with Crippen molar-refractivity contribution in [1.29, 1.82) is 0 Å². The molecule has 2 N–H and O–H groups in total. The Labute approximate surface area is 115 Å². The number of pyridine rings is 1. The van der Waals surface area contributed by atoms with Crippen molar-refractivity contribution in [3.63, 3.8) is 0 Å². The van der Waals surface area contributed by atoms with Crippen molar-refractivity contribution in [3.8, 4) is 17.2 Å². The average Bonchev–Trinajstić information content (AvgIpc) is 2.48. The van der Waals surface area contributed by atoms with Gasteiger partial charge in [0.25, 0.3) is 0 Å². The number of hydrogen-bond acceptors (Lipinski definition) is 5. The fourth-order valence-corrected chi connectivity index (χ4v) is 1.59. The summed E-state index contributed by atoms with van der Waals surface area (Å²) in [6.45, 7) is -0.0918. The molecule has 6 heteroatoms. The number of aliphatic hydroxyl groups excluding tert-OH is 1. The van der Waals surface area contributed by atoms with Gasteiger partial charge in [-0.25, -0.2) is 9.78 Å². The van der Waals surface area contributed by atoms with Gasteiger partial charge in [0.15, 0.2) is 11.5 Å². The summed E-state index contributed by atoms with van der Waals surface area (Å²) in [6.07, 6.45) is 1.32. The van der Waals surface area contributed by atoms with E-state index in [2.05, 4.69) is 4.98 Å². The van der Waals surface area contributed by atoms with Crippen molar-refractivity contribution in [3.05, 3.63) is 47.8 Å². The highest BCUT2D eigenvalue weighted by Crippen LogP contribution is 2.32. The summed E-state index contributed by atoms with van der Waals surface area (Å²) < 4.78 is 10.7. The Bertz CT molecular complexity index is 609. The standard InChI is InChI=1S/C14H13NO5/c1-19-13-6-9(8-16)2-5-12(13)20-10-3-4-11(14(17)18)15-7-10/h2-7,16H,8H2,1H3,(H,17,18). The molecule has 0 aliphatic carbocycles. The summed E-state index contributed by atoms with van der Waals surface area (Å²) in [4.78, 5) is 14.5. The largest absolute Gasteiger partial charge is 0.493 e. The number of methoxy groups -OCH3 is 1. The van der Waals surface area contributed by atoms with Crippen LogP contribution in [-0.2, 0) is 6.61 Å². The first-order valence-electron chi connectivity index (χ1n) is 5.79. The minimum atomic E-state index is -1.10. The Kier molecular flexibility index (Phi) is 4.17. The van der Waals surface area contributed by atoms with E-state index in [9.17, 15) is 4.79 Å². The SMILES string of the molecule is COc1cc(CO)ccc1Oc1ccc(C(=O)O)nc1. The third kappa shape index (κ3) is 3.04. The van der Waals surface area contributed by atoms with Gasteiger partial charge in [0.05, 0.1) is 19.9 Å². The molecule has 20 heavy (non-hydrogen) atoms.